The first-order chi connectivity index (χ1) is 12.7. The molecule has 0 bridgehead atoms. The summed E-state index contributed by atoms with van der Waals surface area (Å²) in [7, 11) is 0. The maximum Gasteiger partial charge on any atom is 0.249 e. The zero-order valence-corrected chi connectivity index (χ0v) is 15.2. The highest BCUT2D eigenvalue weighted by atomic mass is 16.5. The third kappa shape index (κ3) is 5.26. The van der Waals surface area contributed by atoms with Gasteiger partial charge in [-0.15, -0.1) is 0 Å². The first kappa shape index (κ1) is 18.3. The Labute approximate surface area is 153 Å². The van der Waals surface area contributed by atoms with E-state index in [9.17, 15) is 4.79 Å². The van der Waals surface area contributed by atoms with Crippen LogP contribution in [0.3, 0.4) is 0 Å². The molecule has 0 radical (unpaired) electrons. The van der Waals surface area contributed by atoms with Crippen molar-refractivity contribution in [3.8, 4) is 5.75 Å². The second-order valence-corrected chi connectivity index (χ2v) is 6.45. The van der Waals surface area contributed by atoms with E-state index < -0.39 is 0 Å². The Bertz CT molecular complexity index is 711. The molecule has 1 saturated heterocycles. The van der Waals surface area contributed by atoms with Gasteiger partial charge in [0.1, 0.15) is 5.75 Å². The van der Waals surface area contributed by atoms with Crippen molar-refractivity contribution < 1.29 is 9.53 Å². The number of amides is 1. The van der Waals surface area contributed by atoms with Crippen LogP contribution in [0.5, 0.6) is 5.75 Å². The molecule has 1 aliphatic heterocycles. The Morgan fingerprint density at radius 3 is 2.92 bits per heavy atom. The summed E-state index contributed by atoms with van der Waals surface area (Å²) in [6, 6.07) is 8.11. The van der Waals surface area contributed by atoms with Gasteiger partial charge in [-0.1, -0.05) is 23.7 Å². The molecule has 26 heavy (non-hydrogen) atoms. The molecule has 0 aliphatic carbocycles. The Morgan fingerprint density at radius 2 is 2.12 bits per heavy atom. The van der Waals surface area contributed by atoms with Gasteiger partial charge in [-0.25, -0.2) is 4.68 Å². The average Bonchev–Trinajstić information content (AvgIpc) is 3.10. The zero-order valence-electron chi connectivity index (χ0n) is 15.2. The van der Waals surface area contributed by atoms with Gasteiger partial charge in [0.2, 0.25) is 11.9 Å². The van der Waals surface area contributed by atoms with E-state index in [0.29, 0.717) is 19.1 Å². The summed E-state index contributed by atoms with van der Waals surface area (Å²) in [6.45, 7) is 6.12. The van der Waals surface area contributed by atoms with E-state index in [1.807, 2.05) is 19.1 Å². The molecule has 0 atom stereocenters. The van der Waals surface area contributed by atoms with Gasteiger partial charge in [-0.3, -0.25) is 15.0 Å². The highest BCUT2D eigenvalue weighted by Gasteiger charge is 2.11. The van der Waals surface area contributed by atoms with Crippen LogP contribution in [-0.2, 0) is 17.9 Å². The van der Waals surface area contributed by atoms with Gasteiger partial charge in [0, 0.05) is 13.1 Å². The summed E-state index contributed by atoms with van der Waals surface area (Å²) in [5.74, 6) is 0.991. The zero-order chi connectivity index (χ0) is 18.2. The number of piperidine rings is 1. The van der Waals surface area contributed by atoms with Crippen LogP contribution in [0.2, 0.25) is 0 Å². The van der Waals surface area contributed by atoms with Crippen molar-refractivity contribution in [3.63, 3.8) is 0 Å². The minimum absolute atomic E-state index is 0.168. The van der Waals surface area contributed by atoms with E-state index in [0.717, 1.165) is 12.3 Å². The number of aromatic nitrogens is 4. The number of rotatable bonds is 8. The van der Waals surface area contributed by atoms with Crippen molar-refractivity contribution in [2.45, 2.75) is 45.7 Å². The largest absolute Gasteiger partial charge is 0.493 e. The molecule has 1 aromatic carbocycles. The van der Waals surface area contributed by atoms with Crippen LogP contribution in [-0.4, -0.2) is 50.7 Å². The van der Waals surface area contributed by atoms with Crippen molar-refractivity contribution in [2.75, 3.05) is 25.0 Å². The lowest BCUT2D eigenvalue weighted by atomic mass is 10.1. The van der Waals surface area contributed by atoms with E-state index in [2.05, 4.69) is 37.9 Å². The van der Waals surface area contributed by atoms with Crippen LogP contribution in [0.4, 0.5) is 5.95 Å². The minimum atomic E-state index is -0.168. The number of carbonyl (C=O) groups is 1. The molecule has 8 nitrogen and oxygen atoms in total. The minimum Gasteiger partial charge on any atom is -0.493 e. The number of likely N-dealkylation sites (tertiary alicyclic amines) is 1. The van der Waals surface area contributed by atoms with Crippen LogP contribution in [0, 0.1) is 0 Å². The fourth-order valence-electron chi connectivity index (χ4n) is 3.07. The fourth-order valence-corrected chi connectivity index (χ4v) is 3.07. The Kier molecular flexibility index (Phi) is 6.54. The van der Waals surface area contributed by atoms with E-state index in [1.54, 1.807) is 0 Å². The van der Waals surface area contributed by atoms with Crippen molar-refractivity contribution in [1.29, 1.82) is 0 Å². The first-order valence-electron chi connectivity index (χ1n) is 9.24. The van der Waals surface area contributed by atoms with Crippen molar-refractivity contribution in [2.24, 2.45) is 0 Å². The van der Waals surface area contributed by atoms with Gasteiger partial charge in [0.15, 0.2) is 0 Å². The average molecular weight is 358 g/mol. The topological polar surface area (TPSA) is 85.2 Å². The Morgan fingerprint density at radius 1 is 1.27 bits per heavy atom. The van der Waals surface area contributed by atoms with Gasteiger partial charge in [0.05, 0.1) is 13.0 Å². The SMILES string of the molecule is CCn1nnnc1NC(=O)CCOc1cccc(CN2CCCCC2)c1. The molecule has 1 fully saturated rings. The molecule has 3 rings (SSSR count). The van der Waals surface area contributed by atoms with Crippen LogP contribution >= 0.6 is 0 Å². The first-order valence-corrected chi connectivity index (χ1v) is 9.24. The number of nitrogens with one attached hydrogen (secondary N) is 1. The molecule has 0 unspecified atom stereocenters. The Hall–Kier alpha value is -2.48. The van der Waals surface area contributed by atoms with Gasteiger partial charge in [0.25, 0.3) is 0 Å². The lowest BCUT2D eigenvalue weighted by Gasteiger charge is -2.26. The van der Waals surface area contributed by atoms with Gasteiger partial charge in [-0.05, 0) is 61.0 Å². The van der Waals surface area contributed by atoms with Crippen molar-refractivity contribution in [3.05, 3.63) is 29.8 Å². The number of hydrogen-bond acceptors (Lipinski definition) is 6. The maximum atomic E-state index is 12.0. The standard InChI is InChI=1S/C18H26N6O2/c1-2-24-18(20-21-22-24)19-17(25)9-12-26-16-8-6-7-15(13-16)14-23-10-4-3-5-11-23/h6-8,13H,2-5,9-12,14H2,1H3,(H,19,20,22,25). The summed E-state index contributed by atoms with van der Waals surface area (Å²) in [6.07, 6.45) is 4.15. The van der Waals surface area contributed by atoms with Crippen molar-refractivity contribution in [1.82, 2.24) is 25.1 Å². The van der Waals surface area contributed by atoms with Crippen LogP contribution in [0.25, 0.3) is 0 Å². The monoisotopic (exact) mass is 358 g/mol. The number of nitrogens with zero attached hydrogens (tertiary/aromatic N) is 5. The molecule has 1 aromatic heterocycles. The summed E-state index contributed by atoms with van der Waals surface area (Å²) in [4.78, 5) is 14.5. The number of benzene rings is 1. The highest BCUT2D eigenvalue weighted by Crippen LogP contribution is 2.17. The number of anilines is 1. The molecule has 0 saturated carbocycles. The van der Waals surface area contributed by atoms with E-state index in [-0.39, 0.29) is 12.3 Å². The number of carbonyl (C=O) groups excluding carboxylic acids is 1. The summed E-state index contributed by atoms with van der Waals surface area (Å²) < 4.78 is 7.28. The van der Waals surface area contributed by atoms with Gasteiger partial charge in [-0.2, -0.15) is 0 Å². The van der Waals surface area contributed by atoms with E-state index >= 15 is 0 Å². The molecular weight excluding hydrogens is 332 g/mol. The molecular formula is C18H26N6O2. The quantitative estimate of drug-likeness (QED) is 0.778. The van der Waals surface area contributed by atoms with Gasteiger partial charge < -0.3 is 4.74 Å². The second-order valence-electron chi connectivity index (χ2n) is 6.45. The van der Waals surface area contributed by atoms with E-state index in [1.165, 1.54) is 42.6 Å². The lowest BCUT2D eigenvalue weighted by molar-refractivity contribution is -0.116. The van der Waals surface area contributed by atoms with Crippen molar-refractivity contribution >= 4 is 11.9 Å². The smallest absolute Gasteiger partial charge is 0.249 e. The summed E-state index contributed by atoms with van der Waals surface area (Å²) in [5.41, 5.74) is 1.25. The number of tetrazole rings is 1. The molecule has 8 heteroatoms. The summed E-state index contributed by atoms with van der Waals surface area (Å²) >= 11 is 0. The molecule has 1 amide bonds. The lowest BCUT2D eigenvalue weighted by Crippen LogP contribution is -2.29. The molecule has 0 spiro atoms. The number of hydrogen-bond donors (Lipinski definition) is 1. The van der Waals surface area contributed by atoms with Crippen LogP contribution in [0.15, 0.2) is 24.3 Å². The normalized spacial score (nSPS) is 15.0. The number of aryl methyl sites for hydroxylation is 1. The third-order valence-corrected chi connectivity index (χ3v) is 4.43. The molecule has 2 aromatic rings. The maximum absolute atomic E-state index is 12.0. The number of ether oxygens (including phenoxy) is 1. The second kappa shape index (κ2) is 9.28. The van der Waals surface area contributed by atoms with Crippen LogP contribution < -0.4 is 10.1 Å². The molecule has 140 valence electrons. The summed E-state index contributed by atoms with van der Waals surface area (Å²) in [5, 5.41) is 13.8. The third-order valence-electron chi connectivity index (χ3n) is 4.43. The molecule has 2 heterocycles. The Balaban J connectivity index is 1.44. The van der Waals surface area contributed by atoms with E-state index in [4.69, 9.17) is 4.74 Å². The molecule has 1 aliphatic rings. The predicted octanol–water partition coefficient (Wildman–Crippen LogP) is 2.09. The molecule has 1 N–H and O–H groups in total. The predicted molar refractivity (Wildman–Crippen MR) is 97.8 cm³/mol. The van der Waals surface area contributed by atoms with Gasteiger partial charge >= 0.3 is 0 Å². The van der Waals surface area contributed by atoms with Crippen LogP contribution in [0.1, 0.15) is 38.2 Å². The fraction of sp³-hybridized carbons (Fsp3) is 0.556. The highest BCUT2D eigenvalue weighted by molar-refractivity contribution is 5.88.